The third kappa shape index (κ3) is 5.27. The first-order valence-corrected chi connectivity index (χ1v) is 12.1. The van der Waals surface area contributed by atoms with E-state index in [2.05, 4.69) is 35.9 Å². The summed E-state index contributed by atoms with van der Waals surface area (Å²) >= 11 is 5.93. The molecular weight excluding hydrogens is 444 g/mol. The number of carbonyl (C=O) groups is 4. The lowest BCUT2D eigenvalue weighted by Crippen LogP contribution is -2.59. The summed E-state index contributed by atoms with van der Waals surface area (Å²) in [5.74, 6) is -1.46. The van der Waals surface area contributed by atoms with Gasteiger partial charge in [0, 0.05) is 13.1 Å². The van der Waals surface area contributed by atoms with Gasteiger partial charge in [-0.3, -0.25) is 19.2 Å². The molecule has 1 aliphatic heterocycles. The molecule has 184 valence electrons. The molecule has 1 unspecified atom stereocenters. The van der Waals surface area contributed by atoms with Crippen molar-refractivity contribution in [2.24, 2.45) is 28.6 Å². The molecule has 0 aromatic rings. The van der Waals surface area contributed by atoms with E-state index in [0.29, 0.717) is 18.9 Å². The first-order valence-electron chi connectivity index (χ1n) is 11.7. The minimum atomic E-state index is -0.905. The molecule has 8 nitrogen and oxygen atoms in total. The molecule has 0 bridgehead atoms. The van der Waals surface area contributed by atoms with E-state index in [1.54, 1.807) is 4.90 Å². The molecule has 3 rings (SSSR count). The fourth-order valence-corrected chi connectivity index (χ4v) is 5.57. The number of fused-ring (bicyclic) bond motifs is 1. The van der Waals surface area contributed by atoms with Gasteiger partial charge in [-0.1, -0.05) is 53.5 Å². The summed E-state index contributed by atoms with van der Waals surface area (Å²) in [6.45, 7) is 14.1. The monoisotopic (exact) mass is 480 g/mol. The third-order valence-corrected chi connectivity index (χ3v) is 7.73. The SMILES string of the molecule is C=CCNC(=O)C(=O)C(CC1CC1)NC(=O)[C@@H]1[C@@H]2[C@H](CN1C(=O)[C@@H](NCl)C(C)(C)C)C2(C)C. The maximum Gasteiger partial charge on any atom is 0.289 e. The molecule has 5 atom stereocenters. The Morgan fingerprint density at radius 1 is 1.21 bits per heavy atom. The Bertz CT molecular complexity index is 833. The van der Waals surface area contributed by atoms with E-state index in [0.717, 1.165) is 12.8 Å². The zero-order chi connectivity index (χ0) is 24.7. The van der Waals surface area contributed by atoms with Crippen LogP contribution < -0.4 is 15.5 Å². The van der Waals surface area contributed by atoms with Crippen LogP contribution in [0.25, 0.3) is 0 Å². The number of carbonyl (C=O) groups excluding carboxylic acids is 4. The standard InChI is InChI=1S/C24H37ClN4O4/c1-7-10-26-21(32)18(30)15(11-13-8-9-13)27-20(31)17-16-14(24(16,5)6)12-29(17)22(33)19(28-25)23(2,3)4/h7,13-17,19,28H,1,8-12H2,2-6H3,(H,26,32)(H,27,31)/t14-,15?,16-,17-,19+/m0/s1. The number of nitrogens with one attached hydrogen (secondary N) is 3. The number of halogens is 1. The van der Waals surface area contributed by atoms with E-state index in [-0.39, 0.29) is 35.6 Å². The Balaban J connectivity index is 1.80. The van der Waals surface area contributed by atoms with Crippen LogP contribution >= 0.6 is 11.8 Å². The smallest absolute Gasteiger partial charge is 0.289 e. The first kappa shape index (κ1) is 25.7. The van der Waals surface area contributed by atoms with Crippen LogP contribution in [-0.4, -0.2) is 59.6 Å². The van der Waals surface area contributed by atoms with Crippen molar-refractivity contribution < 1.29 is 19.2 Å². The normalized spacial score (nSPS) is 27.2. The topological polar surface area (TPSA) is 108 Å². The van der Waals surface area contributed by atoms with Gasteiger partial charge in [-0.05, 0) is 46.8 Å². The van der Waals surface area contributed by atoms with Crippen LogP contribution in [0.2, 0.25) is 0 Å². The van der Waals surface area contributed by atoms with Crippen molar-refractivity contribution in [2.45, 2.75) is 72.0 Å². The van der Waals surface area contributed by atoms with E-state index < -0.39 is 35.2 Å². The van der Waals surface area contributed by atoms with E-state index in [9.17, 15) is 19.2 Å². The van der Waals surface area contributed by atoms with E-state index in [1.165, 1.54) is 6.08 Å². The van der Waals surface area contributed by atoms with Gasteiger partial charge in [-0.2, -0.15) is 0 Å². The van der Waals surface area contributed by atoms with Crippen molar-refractivity contribution in [3.05, 3.63) is 12.7 Å². The van der Waals surface area contributed by atoms with Crippen LogP contribution in [0.4, 0.5) is 0 Å². The molecule has 0 spiro atoms. The summed E-state index contributed by atoms with van der Waals surface area (Å²) < 4.78 is 0. The second-order valence-electron chi connectivity index (χ2n) is 11.4. The molecule has 3 fully saturated rings. The van der Waals surface area contributed by atoms with E-state index >= 15 is 0 Å². The largest absolute Gasteiger partial charge is 0.346 e. The van der Waals surface area contributed by atoms with Gasteiger partial charge in [0.25, 0.3) is 5.91 Å². The first-order chi connectivity index (χ1) is 15.3. The van der Waals surface area contributed by atoms with Gasteiger partial charge >= 0.3 is 0 Å². The van der Waals surface area contributed by atoms with Crippen LogP contribution in [0, 0.1) is 28.6 Å². The zero-order valence-electron chi connectivity index (χ0n) is 20.2. The summed E-state index contributed by atoms with van der Waals surface area (Å²) in [5.41, 5.74) is -0.516. The molecule has 0 aromatic heterocycles. The van der Waals surface area contributed by atoms with Crippen LogP contribution in [-0.2, 0) is 19.2 Å². The van der Waals surface area contributed by atoms with Crippen LogP contribution in [0.3, 0.4) is 0 Å². The molecule has 0 aromatic carbocycles. The number of Topliss-reactive ketones (excluding diaryl/α,β-unsaturated/α-hetero) is 1. The quantitative estimate of drug-likeness (QED) is 0.251. The average molecular weight is 481 g/mol. The number of piperidine rings is 1. The van der Waals surface area contributed by atoms with Crippen molar-refractivity contribution in [1.29, 1.82) is 0 Å². The lowest BCUT2D eigenvalue weighted by Gasteiger charge is -2.37. The Morgan fingerprint density at radius 3 is 2.36 bits per heavy atom. The molecule has 3 N–H and O–H groups in total. The van der Waals surface area contributed by atoms with Crippen molar-refractivity contribution >= 4 is 35.3 Å². The number of amides is 3. The summed E-state index contributed by atoms with van der Waals surface area (Å²) in [7, 11) is 0. The van der Waals surface area contributed by atoms with Gasteiger partial charge in [0.2, 0.25) is 17.6 Å². The molecule has 2 saturated carbocycles. The number of rotatable bonds is 10. The summed E-state index contributed by atoms with van der Waals surface area (Å²) in [4.78, 5) is 56.2. The van der Waals surface area contributed by atoms with Crippen molar-refractivity contribution in [2.75, 3.05) is 13.1 Å². The minimum absolute atomic E-state index is 0.00339. The molecule has 2 aliphatic carbocycles. The maximum atomic E-state index is 13.5. The van der Waals surface area contributed by atoms with E-state index in [1.807, 2.05) is 20.8 Å². The fraction of sp³-hybridized carbons (Fsp3) is 0.750. The predicted molar refractivity (Wildman–Crippen MR) is 126 cm³/mol. The highest BCUT2D eigenvalue weighted by Crippen LogP contribution is 2.65. The number of hydrogen-bond donors (Lipinski definition) is 3. The fourth-order valence-electron chi connectivity index (χ4n) is 5.15. The number of ketones is 1. The lowest BCUT2D eigenvalue weighted by atomic mass is 9.86. The van der Waals surface area contributed by atoms with Crippen LogP contribution in [0.5, 0.6) is 0 Å². The second-order valence-corrected chi connectivity index (χ2v) is 11.6. The highest BCUT2D eigenvalue weighted by Gasteiger charge is 2.69. The Kier molecular flexibility index (Phi) is 7.30. The summed E-state index contributed by atoms with van der Waals surface area (Å²) in [6, 6.07) is -2.26. The molecule has 3 aliphatic rings. The molecule has 9 heteroatoms. The van der Waals surface area contributed by atoms with Gasteiger partial charge < -0.3 is 15.5 Å². The second kappa shape index (κ2) is 9.37. The van der Waals surface area contributed by atoms with Gasteiger partial charge in [-0.25, -0.2) is 4.84 Å². The predicted octanol–water partition coefficient (Wildman–Crippen LogP) is 1.78. The van der Waals surface area contributed by atoms with Crippen molar-refractivity contribution in [3.63, 3.8) is 0 Å². The van der Waals surface area contributed by atoms with E-state index in [4.69, 9.17) is 11.8 Å². The third-order valence-electron chi connectivity index (χ3n) is 7.51. The molecule has 1 heterocycles. The van der Waals surface area contributed by atoms with Gasteiger partial charge in [0.1, 0.15) is 12.1 Å². The molecule has 0 radical (unpaired) electrons. The highest BCUT2D eigenvalue weighted by atomic mass is 35.5. The number of hydrogen-bond acceptors (Lipinski definition) is 5. The van der Waals surface area contributed by atoms with Gasteiger partial charge in [0.05, 0.1) is 6.04 Å². The van der Waals surface area contributed by atoms with Gasteiger partial charge in [-0.15, -0.1) is 6.58 Å². The zero-order valence-corrected chi connectivity index (χ0v) is 21.0. The van der Waals surface area contributed by atoms with Crippen LogP contribution in [0.15, 0.2) is 12.7 Å². The minimum Gasteiger partial charge on any atom is -0.346 e. The Hall–Kier alpha value is -1.93. The summed E-state index contributed by atoms with van der Waals surface area (Å²) in [5, 5.41) is 5.34. The molecular formula is C24H37ClN4O4. The lowest BCUT2D eigenvalue weighted by molar-refractivity contribution is -0.145. The maximum absolute atomic E-state index is 13.5. The molecule has 1 saturated heterocycles. The molecule has 33 heavy (non-hydrogen) atoms. The summed E-state index contributed by atoms with van der Waals surface area (Å²) in [6.07, 6.45) is 3.88. The number of nitrogens with zero attached hydrogens (tertiary/aromatic N) is 1. The Morgan fingerprint density at radius 2 is 1.85 bits per heavy atom. The Labute approximate surface area is 201 Å². The highest BCUT2D eigenvalue weighted by molar-refractivity contribution is 6.38. The molecule has 3 amide bonds. The van der Waals surface area contributed by atoms with Gasteiger partial charge in [0.15, 0.2) is 0 Å². The average Bonchev–Trinajstić information content (AvgIpc) is 3.57. The van der Waals surface area contributed by atoms with Crippen LogP contribution in [0.1, 0.15) is 53.9 Å². The van der Waals surface area contributed by atoms with Crippen molar-refractivity contribution in [3.8, 4) is 0 Å². The number of likely N-dealkylation sites (tertiary alicyclic amines) is 1. The van der Waals surface area contributed by atoms with Crippen molar-refractivity contribution in [1.82, 2.24) is 20.4 Å².